The Balaban J connectivity index is 1.86. The summed E-state index contributed by atoms with van der Waals surface area (Å²) < 4.78 is 26.5. The van der Waals surface area contributed by atoms with E-state index >= 15 is 0 Å². The highest BCUT2D eigenvalue weighted by atomic mass is 16.5. The standard InChI is InChI=1S/C28H29NO8/c1-33-22-13-17(8-10-21(22)30)9-11-26(31)29-20-12-18(14-23(34-2)27(20)32)6-7-19-15-24(35-3)28(37-5)25(16-19)36-4/h6-16,30,32H,1-5H3,(H,29,31)/b7-6+,11-9+. The monoisotopic (exact) mass is 507 g/mol. The Morgan fingerprint density at radius 2 is 1.22 bits per heavy atom. The van der Waals surface area contributed by atoms with Gasteiger partial charge in [-0.3, -0.25) is 4.79 Å². The van der Waals surface area contributed by atoms with Crippen LogP contribution in [0.5, 0.6) is 40.2 Å². The van der Waals surface area contributed by atoms with Gasteiger partial charge < -0.3 is 39.2 Å². The third-order valence-corrected chi connectivity index (χ3v) is 5.36. The molecule has 194 valence electrons. The molecule has 37 heavy (non-hydrogen) atoms. The van der Waals surface area contributed by atoms with E-state index in [0.29, 0.717) is 28.4 Å². The lowest BCUT2D eigenvalue weighted by Crippen LogP contribution is -2.08. The van der Waals surface area contributed by atoms with E-state index in [1.807, 2.05) is 6.08 Å². The van der Waals surface area contributed by atoms with Crippen molar-refractivity contribution >= 4 is 29.8 Å². The van der Waals surface area contributed by atoms with Crippen LogP contribution in [-0.4, -0.2) is 51.7 Å². The Labute approximate surface area is 215 Å². The van der Waals surface area contributed by atoms with Crippen LogP contribution in [0.15, 0.2) is 48.5 Å². The van der Waals surface area contributed by atoms with Gasteiger partial charge >= 0.3 is 0 Å². The Bertz CT molecular complexity index is 1300. The number of nitrogens with one attached hydrogen (secondary N) is 1. The van der Waals surface area contributed by atoms with E-state index < -0.39 is 5.91 Å². The number of ether oxygens (including phenoxy) is 5. The molecule has 0 aliphatic heterocycles. The van der Waals surface area contributed by atoms with Gasteiger partial charge in [-0.2, -0.15) is 0 Å². The summed E-state index contributed by atoms with van der Waals surface area (Å²) in [7, 11) is 7.47. The number of carbonyl (C=O) groups is 1. The molecule has 0 fully saturated rings. The lowest BCUT2D eigenvalue weighted by Gasteiger charge is -2.13. The minimum atomic E-state index is -0.477. The molecule has 0 radical (unpaired) electrons. The molecular weight excluding hydrogens is 478 g/mol. The average Bonchev–Trinajstić information content (AvgIpc) is 2.91. The zero-order chi connectivity index (χ0) is 26.9. The van der Waals surface area contributed by atoms with Gasteiger partial charge in [-0.05, 0) is 59.2 Å². The van der Waals surface area contributed by atoms with Gasteiger partial charge in [0.25, 0.3) is 0 Å². The third-order valence-electron chi connectivity index (χ3n) is 5.36. The maximum Gasteiger partial charge on any atom is 0.248 e. The molecule has 1 amide bonds. The smallest absolute Gasteiger partial charge is 0.248 e. The molecule has 3 aromatic carbocycles. The van der Waals surface area contributed by atoms with Gasteiger partial charge in [0.05, 0.1) is 41.2 Å². The van der Waals surface area contributed by atoms with Gasteiger partial charge in [-0.1, -0.05) is 18.2 Å². The number of aromatic hydroxyl groups is 2. The van der Waals surface area contributed by atoms with E-state index in [9.17, 15) is 15.0 Å². The molecule has 0 aromatic heterocycles. The first-order valence-corrected chi connectivity index (χ1v) is 11.1. The van der Waals surface area contributed by atoms with Crippen molar-refractivity contribution in [2.24, 2.45) is 0 Å². The topological polar surface area (TPSA) is 116 Å². The summed E-state index contributed by atoms with van der Waals surface area (Å²) >= 11 is 0. The van der Waals surface area contributed by atoms with Crippen molar-refractivity contribution in [3.63, 3.8) is 0 Å². The summed E-state index contributed by atoms with van der Waals surface area (Å²) in [5.41, 5.74) is 2.25. The van der Waals surface area contributed by atoms with Crippen molar-refractivity contribution < 1.29 is 38.7 Å². The average molecular weight is 508 g/mol. The maximum atomic E-state index is 12.6. The summed E-state index contributed by atoms with van der Waals surface area (Å²) in [4.78, 5) is 12.6. The number of phenolic OH excluding ortho intramolecular Hbond substituents is 2. The van der Waals surface area contributed by atoms with Gasteiger partial charge in [0, 0.05) is 6.08 Å². The molecule has 0 saturated carbocycles. The number of anilines is 1. The largest absolute Gasteiger partial charge is 0.504 e. The molecule has 3 aromatic rings. The second-order valence-corrected chi connectivity index (χ2v) is 7.67. The normalized spacial score (nSPS) is 10.9. The van der Waals surface area contributed by atoms with Crippen LogP contribution in [0.4, 0.5) is 5.69 Å². The first-order chi connectivity index (χ1) is 17.8. The summed E-state index contributed by atoms with van der Waals surface area (Å²) in [5.74, 6) is 1.29. The third kappa shape index (κ3) is 6.46. The molecule has 9 nitrogen and oxygen atoms in total. The predicted molar refractivity (Wildman–Crippen MR) is 142 cm³/mol. The van der Waals surface area contributed by atoms with E-state index in [-0.39, 0.29) is 28.7 Å². The van der Waals surface area contributed by atoms with Crippen LogP contribution in [0.3, 0.4) is 0 Å². The van der Waals surface area contributed by atoms with Crippen LogP contribution in [-0.2, 0) is 4.79 Å². The number of hydrogen-bond acceptors (Lipinski definition) is 8. The minimum Gasteiger partial charge on any atom is -0.504 e. The fourth-order valence-electron chi connectivity index (χ4n) is 3.51. The predicted octanol–water partition coefficient (Wildman–Crippen LogP) is 4.96. The molecule has 0 aliphatic rings. The number of amides is 1. The molecule has 9 heteroatoms. The van der Waals surface area contributed by atoms with Gasteiger partial charge in [0.1, 0.15) is 0 Å². The highest BCUT2D eigenvalue weighted by Crippen LogP contribution is 2.39. The summed E-state index contributed by atoms with van der Waals surface area (Å²) in [6, 6.07) is 11.5. The molecular formula is C28H29NO8. The molecule has 0 saturated heterocycles. The lowest BCUT2D eigenvalue weighted by molar-refractivity contribution is -0.111. The van der Waals surface area contributed by atoms with E-state index in [2.05, 4.69) is 5.32 Å². The highest BCUT2D eigenvalue weighted by molar-refractivity contribution is 6.03. The van der Waals surface area contributed by atoms with Crippen LogP contribution in [0, 0.1) is 0 Å². The Hall–Kier alpha value is -4.79. The first kappa shape index (κ1) is 26.8. The van der Waals surface area contributed by atoms with Crippen molar-refractivity contribution in [2.75, 3.05) is 40.9 Å². The minimum absolute atomic E-state index is 0.00230. The molecule has 0 spiro atoms. The van der Waals surface area contributed by atoms with Crippen molar-refractivity contribution in [3.8, 4) is 40.2 Å². The summed E-state index contributed by atoms with van der Waals surface area (Å²) in [5, 5.41) is 22.9. The highest BCUT2D eigenvalue weighted by Gasteiger charge is 2.14. The second kappa shape index (κ2) is 12.3. The molecule has 0 unspecified atom stereocenters. The molecule has 3 rings (SSSR count). The number of benzene rings is 3. The zero-order valence-corrected chi connectivity index (χ0v) is 21.2. The Morgan fingerprint density at radius 3 is 1.78 bits per heavy atom. The van der Waals surface area contributed by atoms with Crippen LogP contribution < -0.4 is 29.0 Å². The number of methoxy groups -OCH3 is 5. The Morgan fingerprint density at radius 1 is 0.676 bits per heavy atom. The van der Waals surface area contributed by atoms with Crippen molar-refractivity contribution in [2.45, 2.75) is 0 Å². The van der Waals surface area contributed by atoms with Gasteiger partial charge in [0.2, 0.25) is 11.7 Å². The van der Waals surface area contributed by atoms with Crippen molar-refractivity contribution in [1.29, 1.82) is 0 Å². The van der Waals surface area contributed by atoms with Crippen LogP contribution in [0.2, 0.25) is 0 Å². The van der Waals surface area contributed by atoms with Crippen LogP contribution >= 0.6 is 0 Å². The van der Waals surface area contributed by atoms with E-state index in [4.69, 9.17) is 23.7 Å². The number of rotatable bonds is 10. The maximum absolute atomic E-state index is 12.6. The lowest BCUT2D eigenvalue weighted by atomic mass is 10.1. The van der Waals surface area contributed by atoms with Crippen LogP contribution in [0.25, 0.3) is 18.2 Å². The summed E-state index contributed by atoms with van der Waals surface area (Å²) in [6.07, 6.45) is 6.47. The Kier molecular flexibility index (Phi) is 8.88. The molecule has 0 heterocycles. The van der Waals surface area contributed by atoms with Gasteiger partial charge in [-0.15, -0.1) is 0 Å². The fraction of sp³-hybridized carbons (Fsp3) is 0.179. The van der Waals surface area contributed by atoms with Crippen molar-refractivity contribution in [3.05, 3.63) is 65.2 Å². The molecule has 0 bridgehead atoms. The molecule has 0 atom stereocenters. The van der Waals surface area contributed by atoms with Crippen LogP contribution in [0.1, 0.15) is 16.7 Å². The molecule has 0 aliphatic carbocycles. The summed E-state index contributed by atoms with van der Waals surface area (Å²) in [6.45, 7) is 0. The van der Waals surface area contributed by atoms with Gasteiger partial charge in [-0.25, -0.2) is 0 Å². The molecule has 3 N–H and O–H groups in total. The fourth-order valence-corrected chi connectivity index (χ4v) is 3.51. The second-order valence-electron chi connectivity index (χ2n) is 7.67. The number of phenols is 2. The van der Waals surface area contributed by atoms with Gasteiger partial charge in [0.15, 0.2) is 34.5 Å². The van der Waals surface area contributed by atoms with E-state index in [0.717, 1.165) is 5.56 Å². The SMILES string of the molecule is COc1cc(/C=C/C(=O)Nc2cc(/C=C/c3cc(OC)c(OC)c(OC)c3)cc(OC)c2O)ccc1O. The van der Waals surface area contributed by atoms with E-state index in [1.165, 1.54) is 47.7 Å². The quantitative estimate of drug-likeness (QED) is 0.200. The first-order valence-electron chi connectivity index (χ1n) is 11.1. The van der Waals surface area contributed by atoms with Crippen molar-refractivity contribution in [1.82, 2.24) is 0 Å². The van der Waals surface area contributed by atoms with E-state index in [1.54, 1.807) is 48.6 Å². The number of carbonyl (C=O) groups excluding carboxylic acids is 1. The zero-order valence-electron chi connectivity index (χ0n) is 21.2. The number of hydrogen-bond donors (Lipinski definition) is 3.